The van der Waals surface area contributed by atoms with Gasteiger partial charge in [0.1, 0.15) is 0 Å². The highest BCUT2D eigenvalue weighted by molar-refractivity contribution is 9.10. The Morgan fingerprint density at radius 3 is 2.78 bits per heavy atom. The molecule has 94 valence electrons. The normalized spacial score (nSPS) is 12.4. The molecule has 2 aromatic rings. The van der Waals surface area contributed by atoms with Gasteiger partial charge in [0.05, 0.1) is 11.1 Å². The number of aromatic nitrogens is 1. The zero-order chi connectivity index (χ0) is 13.0. The van der Waals surface area contributed by atoms with Crippen molar-refractivity contribution in [2.75, 3.05) is 0 Å². The number of rotatable bonds is 4. The minimum atomic E-state index is -0.0424. The monoisotopic (exact) mass is 325 g/mol. The molecular formula is C13H13BrClN3. The molecule has 0 saturated heterocycles. The van der Waals surface area contributed by atoms with Crippen LogP contribution in [0.15, 0.2) is 47.2 Å². The second kappa shape index (κ2) is 6.29. The lowest BCUT2D eigenvalue weighted by molar-refractivity contribution is 0.551. The van der Waals surface area contributed by atoms with Crippen LogP contribution in [-0.4, -0.2) is 4.98 Å². The zero-order valence-corrected chi connectivity index (χ0v) is 11.9. The summed E-state index contributed by atoms with van der Waals surface area (Å²) >= 11 is 9.67. The van der Waals surface area contributed by atoms with E-state index in [4.69, 9.17) is 17.4 Å². The number of hydrazine groups is 1. The van der Waals surface area contributed by atoms with Gasteiger partial charge in [0.2, 0.25) is 0 Å². The van der Waals surface area contributed by atoms with E-state index in [1.165, 1.54) is 5.56 Å². The predicted molar refractivity (Wildman–Crippen MR) is 77.2 cm³/mol. The van der Waals surface area contributed by atoms with Crippen LogP contribution in [-0.2, 0) is 6.42 Å². The number of halogens is 2. The molecule has 0 aliphatic carbocycles. The molecule has 1 aromatic heterocycles. The van der Waals surface area contributed by atoms with Gasteiger partial charge in [-0.25, -0.2) is 0 Å². The molecule has 1 heterocycles. The van der Waals surface area contributed by atoms with Crippen LogP contribution >= 0.6 is 27.5 Å². The number of pyridine rings is 1. The van der Waals surface area contributed by atoms with E-state index >= 15 is 0 Å². The van der Waals surface area contributed by atoms with Crippen molar-refractivity contribution in [3.05, 3.63) is 63.3 Å². The fourth-order valence-corrected chi connectivity index (χ4v) is 2.51. The van der Waals surface area contributed by atoms with Crippen LogP contribution in [0.4, 0.5) is 0 Å². The van der Waals surface area contributed by atoms with Crippen LogP contribution < -0.4 is 11.3 Å². The molecule has 0 aliphatic rings. The van der Waals surface area contributed by atoms with Gasteiger partial charge in [0, 0.05) is 16.9 Å². The molecule has 0 fully saturated rings. The van der Waals surface area contributed by atoms with Crippen molar-refractivity contribution in [3.8, 4) is 0 Å². The first-order valence-corrected chi connectivity index (χ1v) is 6.68. The molecule has 3 nitrogen and oxygen atoms in total. The fraction of sp³-hybridized carbons (Fsp3) is 0.154. The number of hydrogen-bond acceptors (Lipinski definition) is 3. The SMILES string of the molecule is NNC(Cc1ccccc1Br)c1ccncc1Cl. The molecule has 5 heteroatoms. The third-order valence-electron chi connectivity index (χ3n) is 2.76. The molecule has 0 radical (unpaired) electrons. The van der Waals surface area contributed by atoms with E-state index in [1.54, 1.807) is 12.4 Å². The van der Waals surface area contributed by atoms with Gasteiger partial charge in [-0.15, -0.1) is 0 Å². The van der Waals surface area contributed by atoms with E-state index in [2.05, 4.69) is 32.4 Å². The molecule has 1 atom stereocenters. The van der Waals surface area contributed by atoms with Crippen LogP contribution in [0.5, 0.6) is 0 Å². The largest absolute Gasteiger partial charge is 0.271 e. The Hall–Kier alpha value is -0.940. The summed E-state index contributed by atoms with van der Waals surface area (Å²) in [7, 11) is 0. The molecule has 0 spiro atoms. The Labute approximate surface area is 119 Å². The summed E-state index contributed by atoms with van der Waals surface area (Å²) in [5, 5.41) is 0.618. The van der Waals surface area contributed by atoms with Gasteiger partial charge in [-0.2, -0.15) is 0 Å². The summed E-state index contributed by atoms with van der Waals surface area (Å²) in [6, 6.07) is 9.89. The van der Waals surface area contributed by atoms with Crippen molar-refractivity contribution in [2.24, 2.45) is 5.84 Å². The first-order chi connectivity index (χ1) is 8.72. The third-order valence-corrected chi connectivity index (χ3v) is 3.85. The maximum absolute atomic E-state index is 6.13. The first kappa shape index (κ1) is 13.5. The molecule has 2 rings (SSSR count). The molecule has 0 aliphatic heterocycles. The highest BCUT2D eigenvalue weighted by atomic mass is 79.9. The number of benzene rings is 1. The Bertz CT molecular complexity index is 533. The summed E-state index contributed by atoms with van der Waals surface area (Å²) in [6.45, 7) is 0. The van der Waals surface area contributed by atoms with Crippen LogP contribution in [0.1, 0.15) is 17.2 Å². The fourth-order valence-electron chi connectivity index (χ4n) is 1.81. The van der Waals surface area contributed by atoms with Gasteiger partial charge in [-0.1, -0.05) is 45.7 Å². The standard InChI is InChI=1S/C13H13BrClN3/c14-11-4-2-1-3-9(11)7-13(18-16)10-5-6-17-8-12(10)15/h1-6,8,13,18H,7,16H2. The number of nitrogens with zero attached hydrogens (tertiary/aromatic N) is 1. The highest BCUT2D eigenvalue weighted by Gasteiger charge is 2.14. The lowest BCUT2D eigenvalue weighted by atomic mass is 10.0. The van der Waals surface area contributed by atoms with E-state index in [0.29, 0.717) is 5.02 Å². The number of nitrogens with one attached hydrogen (secondary N) is 1. The van der Waals surface area contributed by atoms with Crippen LogP contribution in [0.2, 0.25) is 5.02 Å². The minimum Gasteiger partial charge on any atom is -0.271 e. The molecule has 1 aromatic carbocycles. The topological polar surface area (TPSA) is 50.9 Å². The maximum atomic E-state index is 6.13. The van der Waals surface area contributed by atoms with Crippen molar-refractivity contribution in [2.45, 2.75) is 12.5 Å². The number of nitrogens with two attached hydrogens (primary N) is 1. The minimum absolute atomic E-state index is 0.0424. The van der Waals surface area contributed by atoms with E-state index < -0.39 is 0 Å². The Balaban J connectivity index is 2.26. The zero-order valence-electron chi connectivity index (χ0n) is 9.61. The summed E-state index contributed by atoms with van der Waals surface area (Å²) in [6.07, 6.45) is 4.09. The van der Waals surface area contributed by atoms with Gasteiger partial charge in [-0.05, 0) is 29.7 Å². The van der Waals surface area contributed by atoms with E-state index in [9.17, 15) is 0 Å². The smallest absolute Gasteiger partial charge is 0.0637 e. The third kappa shape index (κ3) is 3.09. The quantitative estimate of drug-likeness (QED) is 0.670. The molecule has 1 unspecified atom stereocenters. The Kier molecular flexibility index (Phi) is 4.72. The predicted octanol–water partition coefficient (Wildman–Crippen LogP) is 3.24. The van der Waals surface area contributed by atoms with Crippen LogP contribution in [0.25, 0.3) is 0 Å². The lowest BCUT2D eigenvalue weighted by Gasteiger charge is -2.18. The summed E-state index contributed by atoms with van der Waals surface area (Å²) in [4.78, 5) is 3.98. The molecule has 0 saturated carbocycles. The molecule has 0 amide bonds. The lowest BCUT2D eigenvalue weighted by Crippen LogP contribution is -2.29. The maximum Gasteiger partial charge on any atom is 0.0637 e. The van der Waals surface area contributed by atoms with Gasteiger partial charge in [0.25, 0.3) is 0 Å². The van der Waals surface area contributed by atoms with Crippen molar-refractivity contribution >= 4 is 27.5 Å². The average molecular weight is 327 g/mol. The van der Waals surface area contributed by atoms with Crippen molar-refractivity contribution < 1.29 is 0 Å². The Morgan fingerprint density at radius 2 is 2.11 bits per heavy atom. The van der Waals surface area contributed by atoms with E-state index in [-0.39, 0.29) is 6.04 Å². The van der Waals surface area contributed by atoms with Gasteiger partial charge < -0.3 is 0 Å². The average Bonchev–Trinajstić information content (AvgIpc) is 2.39. The van der Waals surface area contributed by atoms with Crippen LogP contribution in [0.3, 0.4) is 0 Å². The van der Waals surface area contributed by atoms with Gasteiger partial charge in [-0.3, -0.25) is 16.3 Å². The van der Waals surface area contributed by atoms with Crippen molar-refractivity contribution in [1.82, 2.24) is 10.4 Å². The van der Waals surface area contributed by atoms with E-state index in [0.717, 1.165) is 16.5 Å². The van der Waals surface area contributed by atoms with Gasteiger partial charge in [0.15, 0.2) is 0 Å². The summed E-state index contributed by atoms with van der Waals surface area (Å²) in [5.41, 5.74) is 4.93. The van der Waals surface area contributed by atoms with Crippen molar-refractivity contribution in [3.63, 3.8) is 0 Å². The van der Waals surface area contributed by atoms with Crippen LogP contribution in [0, 0.1) is 0 Å². The second-order valence-corrected chi connectivity index (χ2v) is 5.17. The first-order valence-electron chi connectivity index (χ1n) is 5.51. The van der Waals surface area contributed by atoms with E-state index in [1.807, 2.05) is 24.3 Å². The summed E-state index contributed by atoms with van der Waals surface area (Å²) < 4.78 is 1.07. The molecule has 18 heavy (non-hydrogen) atoms. The van der Waals surface area contributed by atoms with Crippen molar-refractivity contribution in [1.29, 1.82) is 0 Å². The Morgan fingerprint density at radius 1 is 1.33 bits per heavy atom. The highest BCUT2D eigenvalue weighted by Crippen LogP contribution is 2.27. The second-order valence-electron chi connectivity index (χ2n) is 3.91. The van der Waals surface area contributed by atoms with Gasteiger partial charge >= 0.3 is 0 Å². The molecule has 0 bridgehead atoms. The molecular weight excluding hydrogens is 314 g/mol. The number of hydrogen-bond donors (Lipinski definition) is 2. The molecule has 3 N–H and O–H groups in total. The summed E-state index contributed by atoms with van der Waals surface area (Å²) in [5.74, 6) is 5.63.